The van der Waals surface area contributed by atoms with Crippen LogP contribution in [0.2, 0.25) is 0 Å². The van der Waals surface area contributed by atoms with Crippen LogP contribution in [0, 0.1) is 12.7 Å². The molecule has 5 heterocycles. The van der Waals surface area contributed by atoms with Crippen LogP contribution in [-0.2, 0) is 12.8 Å². The largest absolute Gasteiger partial charge is 0.421 e. The van der Waals surface area contributed by atoms with Crippen molar-refractivity contribution in [2.24, 2.45) is 0 Å². The molecule has 2 amide bonds. The zero-order chi connectivity index (χ0) is 31.5. The summed E-state index contributed by atoms with van der Waals surface area (Å²) >= 11 is 1.26. The molecule has 0 unspecified atom stereocenters. The lowest BCUT2D eigenvalue weighted by Crippen LogP contribution is -2.26. The number of nitrogens with one attached hydrogen (secondary N) is 1. The van der Waals surface area contributed by atoms with Gasteiger partial charge in [0.2, 0.25) is 11.8 Å². The zero-order valence-electron chi connectivity index (χ0n) is 24.9. The van der Waals surface area contributed by atoms with Crippen molar-refractivity contribution in [3.05, 3.63) is 111 Å². The number of aryl methyl sites for hydroxylation is 2. The highest BCUT2D eigenvalue weighted by atomic mass is 32.1. The monoisotopic (exact) mass is 637 g/mol. The Morgan fingerprint density at radius 2 is 1.89 bits per heavy atom. The molecule has 0 spiro atoms. The molecule has 8 rings (SSSR count). The predicted octanol–water partition coefficient (Wildman–Crippen LogP) is 7.27. The first-order valence-corrected chi connectivity index (χ1v) is 16.2. The van der Waals surface area contributed by atoms with Gasteiger partial charge < -0.3 is 14.6 Å². The first-order chi connectivity index (χ1) is 22.4. The van der Waals surface area contributed by atoms with E-state index >= 15 is 4.39 Å². The summed E-state index contributed by atoms with van der Waals surface area (Å²) in [6.07, 6.45) is 1.66. The Balaban J connectivity index is 1.24. The summed E-state index contributed by atoms with van der Waals surface area (Å²) in [6, 6.07) is 16.7. The van der Waals surface area contributed by atoms with Gasteiger partial charge in [-0.15, -0.1) is 21.5 Å². The number of rotatable bonds is 7. The number of hydrogen-bond donors (Lipinski definition) is 1. The molecular weight excluding hydrogens is 608 g/mol. The quantitative estimate of drug-likeness (QED) is 0.202. The lowest BCUT2D eigenvalue weighted by atomic mass is 9.92. The van der Waals surface area contributed by atoms with Gasteiger partial charge in [0.1, 0.15) is 12.0 Å². The maximum absolute atomic E-state index is 15.9. The number of thiophene rings is 1. The molecule has 2 aliphatic heterocycles. The average Bonchev–Trinajstić information content (AvgIpc) is 3.89. The maximum atomic E-state index is 15.9. The predicted molar refractivity (Wildman–Crippen MR) is 168 cm³/mol. The second-order valence-corrected chi connectivity index (χ2v) is 13.1. The van der Waals surface area contributed by atoms with E-state index < -0.39 is 12.0 Å². The minimum absolute atomic E-state index is 0.0790. The molecule has 5 aromatic rings. The van der Waals surface area contributed by atoms with Gasteiger partial charge in [0.15, 0.2) is 0 Å². The van der Waals surface area contributed by atoms with Gasteiger partial charge in [-0.25, -0.2) is 8.78 Å². The SMILES string of the molecule is Cc1nnc(-c2c(C[C@H](F)c3ccc(F)cc3)nc3c(c2-c2ccc(C(=O)N[C@@H]4CCc5ccccc54)s2)C(=O)N2CCC[C@@H]32)o1. The Morgan fingerprint density at radius 1 is 1.07 bits per heavy atom. The lowest BCUT2D eigenvalue weighted by molar-refractivity contribution is 0.0776. The van der Waals surface area contributed by atoms with E-state index in [9.17, 15) is 14.0 Å². The molecule has 0 radical (unpaired) electrons. The second kappa shape index (κ2) is 11.2. The number of pyridine rings is 1. The van der Waals surface area contributed by atoms with Crippen LogP contribution in [-0.4, -0.2) is 38.4 Å². The molecule has 0 bridgehead atoms. The fourth-order valence-corrected chi connectivity index (χ4v) is 8.03. The summed E-state index contributed by atoms with van der Waals surface area (Å²) < 4.78 is 35.5. The lowest BCUT2D eigenvalue weighted by Gasteiger charge is -2.17. The molecule has 1 aliphatic carbocycles. The number of carbonyl (C=O) groups is 2. The summed E-state index contributed by atoms with van der Waals surface area (Å²) in [5.74, 6) is -0.387. The first-order valence-electron chi connectivity index (χ1n) is 15.4. The van der Waals surface area contributed by atoms with Gasteiger partial charge in [-0.3, -0.25) is 14.6 Å². The number of hydrogen-bond acceptors (Lipinski definition) is 7. The van der Waals surface area contributed by atoms with Crippen LogP contribution < -0.4 is 5.32 Å². The number of alkyl halides is 1. The van der Waals surface area contributed by atoms with Gasteiger partial charge in [-0.05, 0) is 66.6 Å². The average molecular weight is 638 g/mol. The Kier molecular flexibility index (Phi) is 7.01. The van der Waals surface area contributed by atoms with Crippen LogP contribution >= 0.6 is 11.3 Å². The number of nitrogens with zero attached hydrogens (tertiary/aromatic N) is 4. The summed E-state index contributed by atoms with van der Waals surface area (Å²) in [5.41, 5.74) is 4.95. The van der Waals surface area contributed by atoms with Crippen molar-refractivity contribution >= 4 is 23.2 Å². The highest BCUT2D eigenvalue weighted by Gasteiger charge is 2.45. The molecule has 1 N–H and O–H groups in total. The van der Waals surface area contributed by atoms with Crippen LogP contribution in [0.4, 0.5) is 8.78 Å². The third-order valence-electron chi connectivity index (χ3n) is 9.20. The van der Waals surface area contributed by atoms with Crippen molar-refractivity contribution in [2.75, 3.05) is 6.54 Å². The minimum atomic E-state index is -1.52. The number of aromatic nitrogens is 3. The molecule has 3 aromatic heterocycles. The molecular formula is C35H29F2N5O3S. The van der Waals surface area contributed by atoms with E-state index in [0.29, 0.717) is 55.8 Å². The van der Waals surface area contributed by atoms with E-state index in [4.69, 9.17) is 9.40 Å². The molecule has 8 nitrogen and oxygen atoms in total. The van der Waals surface area contributed by atoms with E-state index in [-0.39, 0.29) is 36.2 Å². The molecule has 1 saturated heterocycles. The molecule has 3 aliphatic rings. The molecule has 11 heteroatoms. The van der Waals surface area contributed by atoms with E-state index in [1.807, 2.05) is 23.1 Å². The van der Waals surface area contributed by atoms with Crippen molar-refractivity contribution < 1.29 is 22.8 Å². The number of carbonyl (C=O) groups excluding carboxylic acids is 2. The second-order valence-electron chi connectivity index (χ2n) is 12.0. The Bertz CT molecular complexity index is 2010. The van der Waals surface area contributed by atoms with E-state index in [2.05, 4.69) is 27.6 Å². The van der Waals surface area contributed by atoms with Gasteiger partial charge in [0, 0.05) is 30.3 Å². The normalized spacial score (nSPS) is 18.8. The number of fused-ring (bicyclic) bond motifs is 4. The first kappa shape index (κ1) is 28.7. The fourth-order valence-electron chi connectivity index (χ4n) is 7.06. The Hall–Kier alpha value is -4.77. The standard InChI is InChI=1S/C35H29F2N5O3S/c1-18-40-41-34(45-18)29-25(17-23(37)20-8-11-21(36)12-9-20)38-32-26-7-4-16-42(26)35(44)31(32)30(29)27-14-15-28(46-27)33(43)39-24-13-10-19-5-2-3-6-22(19)24/h2-3,5-6,8-9,11-12,14-15,23-24,26H,4,7,10,13,16-17H2,1H3,(H,39,43)/t23-,24+,26-/m0/s1. The molecule has 46 heavy (non-hydrogen) atoms. The van der Waals surface area contributed by atoms with Gasteiger partial charge in [0.05, 0.1) is 39.5 Å². The number of amides is 2. The van der Waals surface area contributed by atoms with E-state index in [0.717, 1.165) is 31.2 Å². The summed E-state index contributed by atoms with van der Waals surface area (Å²) in [5, 5.41) is 11.5. The molecule has 1 fully saturated rings. The van der Waals surface area contributed by atoms with Crippen LogP contribution in [0.5, 0.6) is 0 Å². The smallest absolute Gasteiger partial charge is 0.261 e. The van der Waals surface area contributed by atoms with Crippen molar-refractivity contribution in [3.63, 3.8) is 0 Å². The van der Waals surface area contributed by atoms with Crippen molar-refractivity contribution in [2.45, 2.75) is 57.3 Å². The van der Waals surface area contributed by atoms with Crippen molar-refractivity contribution in [1.29, 1.82) is 0 Å². The van der Waals surface area contributed by atoms with Gasteiger partial charge in [-0.2, -0.15) is 0 Å². The minimum Gasteiger partial charge on any atom is -0.421 e. The molecule has 3 atom stereocenters. The third kappa shape index (κ3) is 4.81. The van der Waals surface area contributed by atoms with Gasteiger partial charge in [-0.1, -0.05) is 36.4 Å². The summed E-state index contributed by atoms with van der Waals surface area (Å²) in [4.78, 5) is 35.4. The summed E-state index contributed by atoms with van der Waals surface area (Å²) in [6.45, 7) is 2.26. The molecule has 232 valence electrons. The highest BCUT2D eigenvalue weighted by Crippen LogP contribution is 2.49. The van der Waals surface area contributed by atoms with Crippen molar-refractivity contribution in [1.82, 2.24) is 25.4 Å². The fraction of sp³-hybridized carbons (Fsp3) is 0.286. The van der Waals surface area contributed by atoms with Crippen LogP contribution in [0.25, 0.3) is 21.9 Å². The van der Waals surface area contributed by atoms with Crippen LogP contribution in [0.1, 0.15) is 91.5 Å². The Morgan fingerprint density at radius 3 is 2.70 bits per heavy atom. The van der Waals surface area contributed by atoms with Crippen LogP contribution in [0.15, 0.2) is 65.1 Å². The van der Waals surface area contributed by atoms with E-state index in [1.165, 1.54) is 41.2 Å². The topological polar surface area (TPSA) is 101 Å². The zero-order valence-corrected chi connectivity index (χ0v) is 25.7. The maximum Gasteiger partial charge on any atom is 0.261 e. The third-order valence-corrected chi connectivity index (χ3v) is 10.3. The summed E-state index contributed by atoms with van der Waals surface area (Å²) in [7, 11) is 0. The number of benzene rings is 2. The van der Waals surface area contributed by atoms with Crippen molar-refractivity contribution in [3.8, 4) is 21.9 Å². The Labute approximate surface area is 267 Å². The molecule has 2 aromatic carbocycles. The van der Waals surface area contributed by atoms with Crippen LogP contribution in [0.3, 0.4) is 0 Å². The van der Waals surface area contributed by atoms with E-state index in [1.54, 1.807) is 13.0 Å². The molecule has 0 saturated carbocycles. The van der Waals surface area contributed by atoms with Gasteiger partial charge >= 0.3 is 0 Å². The van der Waals surface area contributed by atoms with Gasteiger partial charge in [0.25, 0.3) is 11.8 Å². The number of halogens is 2. The highest BCUT2D eigenvalue weighted by molar-refractivity contribution is 7.17.